The SMILES string of the molecule is Cc1ccc(O)c(-c2cc(-c3ccncc3)n[nH]2)c1. The van der Waals surface area contributed by atoms with E-state index in [0.717, 1.165) is 28.1 Å². The van der Waals surface area contributed by atoms with Gasteiger partial charge in [0, 0.05) is 23.5 Å². The Morgan fingerprint density at radius 3 is 2.63 bits per heavy atom. The Bertz CT molecular complexity index is 704. The summed E-state index contributed by atoms with van der Waals surface area (Å²) >= 11 is 0. The maximum Gasteiger partial charge on any atom is 0.124 e. The second-order valence-electron chi connectivity index (χ2n) is 4.42. The Labute approximate surface area is 110 Å². The molecule has 0 bridgehead atoms. The predicted octanol–water partition coefficient (Wildman–Crippen LogP) is 3.15. The number of hydrogen-bond acceptors (Lipinski definition) is 3. The zero-order valence-corrected chi connectivity index (χ0v) is 10.5. The van der Waals surface area contributed by atoms with Crippen LogP contribution in [-0.2, 0) is 0 Å². The van der Waals surface area contributed by atoms with E-state index in [4.69, 9.17) is 0 Å². The molecule has 1 aromatic carbocycles. The zero-order valence-electron chi connectivity index (χ0n) is 10.5. The van der Waals surface area contributed by atoms with Gasteiger partial charge in [-0.15, -0.1) is 0 Å². The van der Waals surface area contributed by atoms with E-state index in [1.54, 1.807) is 18.5 Å². The van der Waals surface area contributed by atoms with Gasteiger partial charge in [0.05, 0.1) is 11.4 Å². The Balaban J connectivity index is 2.04. The number of H-pyrrole nitrogens is 1. The summed E-state index contributed by atoms with van der Waals surface area (Å²) in [5.74, 6) is 0.246. The molecule has 19 heavy (non-hydrogen) atoms. The van der Waals surface area contributed by atoms with Gasteiger partial charge in [-0.2, -0.15) is 5.10 Å². The molecule has 0 spiro atoms. The molecular weight excluding hydrogens is 238 g/mol. The molecule has 2 aromatic heterocycles. The Hall–Kier alpha value is -2.62. The average Bonchev–Trinajstić information content (AvgIpc) is 2.92. The highest BCUT2D eigenvalue weighted by Crippen LogP contribution is 2.30. The first-order valence-corrected chi connectivity index (χ1v) is 6.00. The molecule has 0 fully saturated rings. The van der Waals surface area contributed by atoms with Crippen LogP contribution in [0.25, 0.3) is 22.5 Å². The van der Waals surface area contributed by atoms with Crippen molar-refractivity contribution in [3.8, 4) is 28.3 Å². The number of rotatable bonds is 2. The molecule has 2 heterocycles. The van der Waals surface area contributed by atoms with E-state index in [1.165, 1.54) is 0 Å². The van der Waals surface area contributed by atoms with Crippen molar-refractivity contribution in [1.82, 2.24) is 15.2 Å². The number of nitrogens with one attached hydrogen (secondary N) is 1. The second-order valence-corrected chi connectivity index (χ2v) is 4.42. The highest BCUT2D eigenvalue weighted by atomic mass is 16.3. The van der Waals surface area contributed by atoms with Crippen LogP contribution in [0.4, 0.5) is 0 Å². The van der Waals surface area contributed by atoms with Gasteiger partial charge in [-0.1, -0.05) is 11.6 Å². The number of aromatic hydroxyl groups is 1. The van der Waals surface area contributed by atoms with Crippen LogP contribution in [0.5, 0.6) is 5.75 Å². The molecular formula is C15H13N3O. The topological polar surface area (TPSA) is 61.8 Å². The molecule has 4 nitrogen and oxygen atoms in total. The molecule has 2 N–H and O–H groups in total. The third-order valence-corrected chi connectivity index (χ3v) is 3.00. The number of aromatic amines is 1. The molecule has 0 radical (unpaired) electrons. The van der Waals surface area contributed by atoms with Gasteiger partial charge in [0.2, 0.25) is 0 Å². The zero-order chi connectivity index (χ0) is 13.2. The molecule has 3 aromatic rings. The fourth-order valence-electron chi connectivity index (χ4n) is 2.00. The maximum absolute atomic E-state index is 9.91. The monoisotopic (exact) mass is 251 g/mol. The summed E-state index contributed by atoms with van der Waals surface area (Å²) in [5, 5.41) is 17.1. The minimum absolute atomic E-state index is 0.246. The standard InChI is InChI=1S/C15H13N3O/c1-10-2-3-15(19)12(8-10)14-9-13(17-18-14)11-4-6-16-7-5-11/h2-9,19H,1H3,(H,17,18). The van der Waals surface area contributed by atoms with Gasteiger partial charge in [0.1, 0.15) is 5.75 Å². The van der Waals surface area contributed by atoms with Gasteiger partial charge < -0.3 is 5.11 Å². The molecule has 4 heteroatoms. The number of phenols is 1. The molecule has 0 aliphatic rings. The molecule has 0 aliphatic carbocycles. The Morgan fingerprint density at radius 1 is 1.05 bits per heavy atom. The summed E-state index contributed by atoms with van der Waals surface area (Å²) in [5.41, 5.74) is 4.47. The minimum atomic E-state index is 0.246. The van der Waals surface area contributed by atoms with Gasteiger partial charge in [-0.25, -0.2) is 0 Å². The van der Waals surface area contributed by atoms with Crippen molar-refractivity contribution in [1.29, 1.82) is 0 Å². The van der Waals surface area contributed by atoms with E-state index in [-0.39, 0.29) is 5.75 Å². The molecule has 0 unspecified atom stereocenters. The molecule has 0 amide bonds. The van der Waals surface area contributed by atoms with Crippen LogP contribution in [0.2, 0.25) is 0 Å². The Kier molecular flexibility index (Phi) is 2.76. The van der Waals surface area contributed by atoms with Gasteiger partial charge >= 0.3 is 0 Å². The number of phenolic OH excluding ortho intramolecular Hbond substituents is 1. The summed E-state index contributed by atoms with van der Waals surface area (Å²) in [7, 11) is 0. The van der Waals surface area contributed by atoms with Gasteiger partial charge in [-0.05, 0) is 37.3 Å². The lowest BCUT2D eigenvalue weighted by Gasteiger charge is -2.02. The van der Waals surface area contributed by atoms with Gasteiger partial charge in [-0.3, -0.25) is 10.1 Å². The number of benzene rings is 1. The van der Waals surface area contributed by atoms with E-state index in [0.29, 0.717) is 0 Å². The lowest BCUT2D eigenvalue weighted by Crippen LogP contribution is -1.81. The van der Waals surface area contributed by atoms with Gasteiger partial charge in [0.15, 0.2) is 0 Å². The highest BCUT2D eigenvalue weighted by Gasteiger charge is 2.09. The number of aryl methyl sites for hydroxylation is 1. The van der Waals surface area contributed by atoms with E-state index in [2.05, 4.69) is 15.2 Å². The highest BCUT2D eigenvalue weighted by molar-refractivity contribution is 5.72. The first kappa shape index (κ1) is 11.5. The fraction of sp³-hybridized carbons (Fsp3) is 0.0667. The molecule has 0 saturated heterocycles. The maximum atomic E-state index is 9.91. The third kappa shape index (κ3) is 2.20. The molecule has 3 rings (SSSR count). The van der Waals surface area contributed by atoms with E-state index in [9.17, 15) is 5.11 Å². The molecule has 0 atom stereocenters. The van der Waals surface area contributed by atoms with Crippen molar-refractivity contribution in [3.05, 3.63) is 54.4 Å². The van der Waals surface area contributed by atoms with Crippen LogP contribution in [0.1, 0.15) is 5.56 Å². The minimum Gasteiger partial charge on any atom is -0.507 e. The number of pyridine rings is 1. The van der Waals surface area contributed by atoms with Crippen molar-refractivity contribution >= 4 is 0 Å². The van der Waals surface area contributed by atoms with Crippen LogP contribution in [-0.4, -0.2) is 20.3 Å². The summed E-state index contributed by atoms with van der Waals surface area (Å²) in [6.07, 6.45) is 3.46. The van der Waals surface area contributed by atoms with Crippen molar-refractivity contribution < 1.29 is 5.11 Å². The first-order valence-electron chi connectivity index (χ1n) is 6.00. The Morgan fingerprint density at radius 2 is 1.84 bits per heavy atom. The number of aromatic nitrogens is 3. The van der Waals surface area contributed by atoms with Crippen molar-refractivity contribution in [3.63, 3.8) is 0 Å². The van der Waals surface area contributed by atoms with Crippen LogP contribution in [0, 0.1) is 6.92 Å². The first-order chi connectivity index (χ1) is 9.24. The summed E-state index contributed by atoms with van der Waals surface area (Å²) < 4.78 is 0. The number of nitrogens with zero attached hydrogens (tertiary/aromatic N) is 2. The second kappa shape index (κ2) is 4.57. The van der Waals surface area contributed by atoms with Crippen LogP contribution in [0.15, 0.2) is 48.8 Å². The lowest BCUT2D eigenvalue weighted by molar-refractivity contribution is 0.477. The molecule has 0 aliphatic heterocycles. The predicted molar refractivity (Wildman–Crippen MR) is 73.7 cm³/mol. The molecule has 94 valence electrons. The summed E-state index contributed by atoms with van der Waals surface area (Å²) in [6.45, 7) is 1.99. The smallest absolute Gasteiger partial charge is 0.124 e. The average molecular weight is 251 g/mol. The summed E-state index contributed by atoms with van der Waals surface area (Å²) in [4.78, 5) is 3.98. The largest absolute Gasteiger partial charge is 0.507 e. The lowest BCUT2D eigenvalue weighted by atomic mass is 10.1. The fourth-order valence-corrected chi connectivity index (χ4v) is 2.00. The van der Waals surface area contributed by atoms with Crippen molar-refractivity contribution in [2.24, 2.45) is 0 Å². The normalized spacial score (nSPS) is 10.6. The van der Waals surface area contributed by atoms with Crippen molar-refractivity contribution in [2.45, 2.75) is 6.92 Å². The van der Waals surface area contributed by atoms with Crippen molar-refractivity contribution in [2.75, 3.05) is 0 Å². The van der Waals surface area contributed by atoms with Crippen LogP contribution >= 0.6 is 0 Å². The van der Waals surface area contributed by atoms with E-state index < -0.39 is 0 Å². The number of hydrogen-bond donors (Lipinski definition) is 2. The third-order valence-electron chi connectivity index (χ3n) is 3.00. The van der Waals surface area contributed by atoms with E-state index >= 15 is 0 Å². The van der Waals surface area contributed by atoms with Crippen LogP contribution in [0.3, 0.4) is 0 Å². The quantitative estimate of drug-likeness (QED) is 0.735. The van der Waals surface area contributed by atoms with E-state index in [1.807, 2.05) is 37.3 Å². The van der Waals surface area contributed by atoms with Crippen LogP contribution < -0.4 is 0 Å². The summed E-state index contributed by atoms with van der Waals surface area (Å²) in [6, 6.07) is 11.2. The van der Waals surface area contributed by atoms with Gasteiger partial charge in [0.25, 0.3) is 0 Å². The molecule has 0 saturated carbocycles.